The molecule has 0 aliphatic heterocycles. The topological polar surface area (TPSA) is 58.2 Å². The van der Waals surface area contributed by atoms with Gasteiger partial charge in [-0.25, -0.2) is 13.2 Å². The fourth-order valence-electron chi connectivity index (χ4n) is 1.78. The van der Waals surface area contributed by atoms with E-state index in [0.29, 0.717) is 12.1 Å². The van der Waals surface area contributed by atoms with Gasteiger partial charge in [0.05, 0.1) is 11.3 Å². The average Bonchev–Trinajstić information content (AvgIpc) is 2.54. The van der Waals surface area contributed by atoms with E-state index in [2.05, 4.69) is 0 Å². The molecule has 2 aromatic carbocycles. The number of carbonyl (C=O) groups excluding carboxylic acids is 2. The zero-order chi connectivity index (χ0) is 17.9. The van der Waals surface area contributed by atoms with Gasteiger partial charge in [-0.05, 0) is 24.3 Å². The number of rotatable bonds is 4. The van der Waals surface area contributed by atoms with Crippen LogP contribution in [-0.2, 0) is 4.79 Å². The highest BCUT2D eigenvalue weighted by molar-refractivity contribution is 6.05. The van der Waals surface area contributed by atoms with E-state index >= 15 is 0 Å². The van der Waals surface area contributed by atoms with E-state index in [4.69, 9.17) is 0 Å². The zero-order valence-electron chi connectivity index (χ0n) is 11.7. The van der Waals surface area contributed by atoms with Gasteiger partial charge in [-0.3, -0.25) is 9.59 Å². The molecule has 2 rings (SSSR count). The van der Waals surface area contributed by atoms with Gasteiger partial charge in [-0.2, -0.15) is 8.78 Å². The predicted molar refractivity (Wildman–Crippen MR) is 75.3 cm³/mol. The lowest BCUT2D eigenvalue weighted by atomic mass is 10.2. The number of amides is 2. The lowest BCUT2D eigenvalue weighted by Crippen LogP contribution is -2.22. The lowest BCUT2D eigenvalue weighted by molar-refractivity contribution is -0.126. The monoisotopic (exact) mass is 344 g/mol. The van der Waals surface area contributed by atoms with Crippen LogP contribution in [0.3, 0.4) is 0 Å². The van der Waals surface area contributed by atoms with E-state index in [1.165, 1.54) is 12.1 Å². The average molecular weight is 344 g/mol. The van der Waals surface area contributed by atoms with Crippen molar-refractivity contribution < 1.29 is 31.5 Å². The molecular formula is C15H9F5N2O2. The molecule has 2 amide bonds. The third-order valence-corrected chi connectivity index (χ3v) is 2.90. The molecule has 0 aliphatic rings. The molecule has 2 N–H and O–H groups in total. The largest absolute Gasteiger partial charge is 0.319 e. The summed E-state index contributed by atoms with van der Waals surface area (Å²) >= 11 is 0. The molecule has 0 fully saturated rings. The summed E-state index contributed by atoms with van der Waals surface area (Å²) < 4.78 is 65.7. The number of nitrogens with one attached hydrogen (secondary N) is 2. The van der Waals surface area contributed by atoms with Gasteiger partial charge < -0.3 is 10.6 Å². The Kier molecular flexibility index (Phi) is 5.12. The van der Waals surface area contributed by atoms with Crippen molar-refractivity contribution in [3.05, 3.63) is 59.4 Å². The Balaban J connectivity index is 2.32. The van der Waals surface area contributed by atoms with Crippen LogP contribution in [0.1, 0.15) is 10.4 Å². The second-order valence-corrected chi connectivity index (χ2v) is 4.51. The van der Waals surface area contributed by atoms with Crippen molar-refractivity contribution in [2.24, 2.45) is 0 Å². The predicted octanol–water partition coefficient (Wildman–Crippen LogP) is 3.56. The van der Waals surface area contributed by atoms with Gasteiger partial charge in [0.25, 0.3) is 11.8 Å². The second-order valence-electron chi connectivity index (χ2n) is 4.51. The summed E-state index contributed by atoms with van der Waals surface area (Å²) in [7, 11) is 0. The molecule has 0 unspecified atom stereocenters. The number of anilines is 2. The van der Waals surface area contributed by atoms with Crippen LogP contribution in [0.5, 0.6) is 0 Å². The first-order valence-electron chi connectivity index (χ1n) is 6.44. The number of carbonyl (C=O) groups is 2. The van der Waals surface area contributed by atoms with E-state index in [1.54, 1.807) is 5.32 Å². The summed E-state index contributed by atoms with van der Waals surface area (Å²) in [5, 5.41) is 3.36. The Morgan fingerprint density at radius 3 is 2.17 bits per heavy atom. The summed E-state index contributed by atoms with van der Waals surface area (Å²) in [6.45, 7) is 0. The Morgan fingerprint density at radius 1 is 0.875 bits per heavy atom. The molecule has 0 saturated carbocycles. The molecule has 0 radical (unpaired) electrons. The van der Waals surface area contributed by atoms with Crippen LogP contribution in [0.4, 0.5) is 33.3 Å². The zero-order valence-corrected chi connectivity index (χ0v) is 11.7. The minimum atomic E-state index is -3.41. The van der Waals surface area contributed by atoms with E-state index in [0.717, 1.165) is 12.1 Å². The minimum absolute atomic E-state index is 0.474. The number of benzene rings is 2. The van der Waals surface area contributed by atoms with Crippen LogP contribution in [-0.4, -0.2) is 18.2 Å². The van der Waals surface area contributed by atoms with Gasteiger partial charge in [-0.15, -0.1) is 0 Å². The number of halogens is 5. The molecular weight excluding hydrogens is 335 g/mol. The first-order chi connectivity index (χ1) is 11.3. The highest BCUT2D eigenvalue weighted by atomic mass is 19.3. The molecule has 24 heavy (non-hydrogen) atoms. The van der Waals surface area contributed by atoms with Crippen LogP contribution in [0.15, 0.2) is 36.4 Å². The summed E-state index contributed by atoms with van der Waals surface area (Å²) in [5.41, 5.74) is -2.24. The van der Waals surface area contributed by atoms with Gasteiger partial charge in [-0.1, -0.05) is 12.1 Å². The van der Waals surface area contributed by atoms with E-state index in [-0.39, 0.29) is 0 Å². The summed E-state index contributed by atoms with van der Waals surface area (Å²) in [5.74, 6) is -6.57. The van der Waals surface area contributed by atoms with Crippen molar-refractivity contribution in [2.45, 2.75) is 6.43 Å². The smallest absolute Gasteiger partial charge is 0.315 e. The molecule has 0 saturated heterocycles. The lowest BCUT2D eigenvalue weighted by Gasteiger charge is -2.12. The standard InChI is InChI=1S/C15H9F5N2O2/c16-8-4-2-1-3-7(8)14(23)22-12-9(17)5-6-10(11(12)18)21-15(24)13(19)20/h1-6,13H,(H,21,24)(H,22,23). The molecule has 0 heterocycles. The van der Waals surface area contributed by atoms with Gasteiger partial charge in [0, 0.05) is 0 Å². The van der Waals surface area contributed by atoms with Crippen LogP contribution in [0, 0.1) is 17.5 Å². The normalized spacial score (nSPS) is 10.6. The molecule has 0 bridgehead atoms. The SMILES string of the molecule is O=C(Nc1c(F)ccc(NC(=O)C(F)F)c1F)c1ccccc1F. The van der Waals surface area contributed by atoms with Gasteiger partial charge >= 0.3 is 6.43 Å². The van der Waals surface area contributed by atoms with Crippen LogP contribution < -0.4 is 10.6 Å². The molecule has 4 nitrogen and oxygen atoms in total. The van der Waals surface area contributed by atoms with Gasteiger partial charge in [0.1, 0.15) is 17.3 Å². The van der Waals surface area contributed by atoms with Crippen LogP contribution in [0.2, 0.25) is 0 Å². The molecule has 0 spiro atoms. The first kappa shape index (κ1) is 17.4. The maximum atomic E-state index is 14.1. The highest BCUT2D eigenvalue weighted by Crippen LogP contribution is 2.27. The Labute approximate surface area is 132 Å². The van der Waals surface area contributed by atoms with E-state index in [1.807, 2.05) is 5.32 Å². The quantitative estimate of drug-likeness (QED) is 0.834. The summed E-state index contributed by atoms with van der Waals surface area (Å²) in [6.07, 6.45) is -3.41. The highest BCUT2D eigenvalue weighted by Gasteiger charge is 2.22. The maximum Gasteiger partial charge on any atom is 0.315 e. The van der Waals surface area contributed by atoms with Crippen molar-refractivity contribution in [2.75, 3.05) is 10.6 Å². The first-order valence-corrected chi connectivity index (χ1v) is 6.44. The Hall–Kier alpha value is -2.97. The van der Waals surface area contributed by atoms with E-state index < -0.39 is 52.6 Å². The van der Waals surface area contributed by atoms with Crippen molar-refractivity contribution in [1.82, 2.24) is 0 Å². The minimum Gasteiger partial charge on any atom is -0.319 e. The van der Waals surface area contributed by atoms with Crippen LogP contribution >= 0.6 is 0 Å². The van der Waals surface area contributed by atoms with Gasteiger partial charge in [0.2, 0.25) is 0 Å². The number of hydrogen-bond donors (Lipinski definition) is 2. The van der Waals surface area contributed by atoms with Crippen LogP contribution in [0.25, 0.3) is 0 Å². The molecule has 126 valence electrons. The number of alkyl halides is 2. The molecule has 9 heteroatoms. The second kappa shape index (κ2) is 7.07. The maximum absolute atomic E-state index is 14.1. The van der Waals surface area contributed by atoms with Crippen molar-refractivity contribution >= 4 is 23.2 Å². The third kappa shape index (κ3) is 3.67. The van der Waals surface area contributed by atoms with Crippen molar-refractivity contribution in [3.8, 4) is 0 Å². The molecule has 0 atom stereocenters. The number of hydrogen-bond acceptors (Lipinski definition) is 2. The van der Waals surface area contributed by atoms with Crippen molar-refractivity contribution in [1.29, 1.82) is 0 Å². The molecule has 0 aliphatic carbocycles. The Morgan fingerprint density at radius 2 is 1.54 bits per heavy atom. The third-order valence-electron chi connectivity index (χ3n) is 2.90. The van der Waals surface area contributed by atoms with Gasteiger partial charge in [0.15, 0.2) is 5.82 Å². The summed E-state index contributed by atoms with van der Waals surface area (Å²) in [6, 6.07) is 6.08. The Bertz CT molecular complexity index is 795. The van der Waals surface area contributed by atoms with Crippen molar-refractivity contribution in [3.63, 3.8) is 0 Å². The summed E-state index contributed by atoms with van der Waals surface area (Å²) in [4.78, 5) is 22.8. The fourth-order valence-corrected chi connectivity index (χ4v) is 1.78. The van der Waals surface area contributed by atoms with E-state index in [9.17, 15) is 31.5 Å². The fraction of sp³-hybridized carbons (Fsp3) is 0.0667. The molecule has 0 aromatic heterocycles. The molecule has 2 aromatic rings.